The number of rotatable bonds is 1. The summed E-state index contributed by atoms with van der Waals surface area (Å²) in [7, 11) is 0. The Bertz CT molecular complexity index is 1220. The molecule has 0 saturated heterocycles. The molecule has 1 amide bonds. The molecule has 1 aromatic heterocycles. The standard InChI is InChI=1S/C22H13NO3S/c24-17-13-19(26-18-10-4-1-7-14(17)18)22(25)23-15-8-2-5-11-20(15)27-21-12-6-3-9-16(21)23/h1-13H. The Morgan fingerprint density at radius 1 is 0.815 bits per heavy atom. The molecule has 4 aromatic rings. The second kappa shape index (κ2) is 6.14. The highest BCUT2D eigenvalue weighted by molar-refractivity contribution is 7.99. The van der Waals surface area contributed by atoms with Crippen LogP contribution in [-0.2, 0) is 0 Å². The predicted octanol–water partition coefficient (Wildman–Crippen LogP) is 5.24. The van der Waals surface area contributed by atoms with Gasteiger partial charge in [0.2, 0.25) is 0 Å². The minimum Gasteiger partial charge on any atom is -0.451 e. The van der Waals surface area contributed by atoms with Crippen molar-refractivity contribution in [3.63, 3.8) is 0 Å². The molecule has 5 rings (SSSR count). The second-order valence-electron chi connectivity index (χ2n) is 6.15. The maximum absolute atomic E-state index is 13.4. The van der Waals surface area contributed by atoms with Crippen molar-refractivity contribution >= 4 is 40.0 Å². The molecule has 0 fully saturated rings. The van der Waals surface area contributed by atoms with E-state index in [0.717, 1.165) is 21.2 Å². The fraction of sp³-hybridized carbons (Fsp3) is 0. The van der Waals surface area contributed by atoms with Crippen molar-refractivity contribution in [3.8, 4) is 0 Å². The van der Waals surface area contributed by atoms with Gasteiger partial charge in [0, 0.05) is 15.9 Å². The fourth-order valence-electron chi connectivity index (χ4n) is 3.24. The first-order chi connectivity index (χ1) is 13.2. The van der Waals surface area contributed by atoms with Crippen LogP contribution in [0.4, 0.5) is 11.4 Å². The summed E-state index contributed by atoms with van der Waals surface area (Å²) in [4.78, 5) is 29.4. The molecule has 130 valence electrons. The molecule has 0 saturated carbocycles. The van der Waals surface area contributed by atoms with Crippen LogP contribution in [-0.4, -0.2) is 5.91 Å². The van der Waals surface area contributed by atoms with Crippen molar-refractivity contribution in [2.45, 2.75) is 9.79 Å². The molecule has 0 bridgehead atoms. The maximum Gasteiger partial charge on any atom is 0.298 e. The van der Waals surface area contributed by atoms with E-state index in [9.17, 15) is 9.59 Å². The molecule has 1 aliphatic rings. The number of carbonyl (C=O) groups excluding carboxylic acids is 1. The zero-order chi connectivity index (χ0) is 18.4. The van der Waals surface area contributed by atoms with E-state index >= 15 is 0 Å². The minimum absolute atomic E-state index is 0.0233. The second-order valence-corrected chi connectivity index (χ2v) is 7.23. The number of amides is 1. The molecule has 1 aliphatic heterocycles. The van der Waals surface area contributed by atoms with Gasteiger partial charge < -0.3 is 4.42 Å². The van der Waals surface area contributed by atoms with E-state index in [2.05, 4.69) is 0 Å². The lowest BCUT2D eigenvalue weighted by molar-refractivity contribution is 0.0972. The number of fused-ring (bicyclic) bond motifs is 3. The van der Waals surface area contributed by atoms with Crippen LogP contribution >= 0.6 is 11.8 Å². The third-order valence-electron chi connectivity index (χ3n) is 4.48. The smallest absolute Gasteiger partial charge is 0.298 e. The molecular formula is C22H13NO3S. The summed E-state index contributed by atoms with van der Waals surface area (Å²) in [6.07, 6.45) is 0. The summed E-state index contributed by atoms with van der Waals surface area (Å²) in [5, 5.41) is 0.462. The SMILES string of the molecule is O=C(c1cc(=O)c2ccccc2o1)N1c2ccccc2Sc2ccccc21. The van der Waals surface area contributed by atoms with Gasteiger partial charge in [0.05, 0.1) is 16.8 Å². The van der Waals surface area contributed by atoms with Crippen LogP contribution in [0.1, 0.15) is 10.6 Å². The molecule has 5 heteroatoms. The zero-order valence-electron chi connectivity index (χ0n) is 14.1. The molecule has 0 radical (unpaired) electrons. The number of benzene rings is 3. The Hall–Kier alpha value is -3.31. The zero-order valence-corrected chi connectivity index (χ0v) is 14.9. The van der Waals surface area contributed by atoms with Crippen LogP contribution in [0.15, 0.2) is 97.9 Å². The van der Waals surface area contributed by atoms with Crippen molar-refractivity contribution in [1.82, 2.24) is 0 Å². The van der Waals surface area contributed by atoms with Gasteiger partial charge in [0.1, 0.15) is 5.58 Å². The molecule has 4 nitrogen and oxygen atoms in total. The Labute approximate surface area is 159 Å². The topological polar surface area (TPSA) is 50.5 Å². The van der Waals surface area contributed by atoms with Gasteiger partial charge in [-0.05, 0) is 36.4 Å². The first kappa shape index (κ1) is 15.9. The van der Waals surface area contributed by atoms with Crippen molar-refractivity contribution in [1.29, 1.82) is 0 Å². The van der Waals surface area contributed by atoms with Crippen LogP contribution in [0, 0.1) is 0 Å². The first-order valence-corrected chi connectivity index (χ1v) is 9.27. The lowest BCUT2D eigenvalue weighted by atomic mass is 10.2. The van der Waals surface area contributed by atoms with Crippen molar-refractivity contribution < 1.29 is 9.21 Å². The number of anilines is 2. The molecule has 2 heterocycles. The van der Waals surface area contributed by atoms with E-state index in [0.29, 0.717) is 11.0 Å². The molecule has 27 heavy (non-hydrogen) atoms. The average Bonchev–Trinajstić information content (AvgIpc) is 2.71. The van der Waals surface area contributed by atoms with E-state index in [1.165, 1.54) is 6.07 Å². The van der Waals surface area contributed by atoms with E-state index < -0.39 is 0 Å². The third kappa shape index (κ3) is 2.55. The molecule has 0 spiro atoms. The van der Waals surface area contributed by atoms with Gasteiger partial charge in [-0.2, -0.15) is 0 Å². The maximum atomic E-state index is 13.4. The summed E-state index contributed by atoms with van der Waals surface area (Å²) in [6, 6.07) is 23.6. The Balaban J connectivity index is 1.71. The van der Waals surface area contributed by atoms with Gasteiger partial charge in [-0.1, -0.05) is 48.2 Å². The number of nitrogens with zero attached hydrogens (tertiary/aromatic N) is 1. The van der Waals surface area contributed by atoms with E-state index in [-0.39, 0.29) is 17.1 Å². The van der Waals surface area contributed by atoms with Gasteiger partial charge >= 0.3 is 0 Å². The van der Waals surface area contributed by atoms with Gasteiger partial charge in [-0.25, -0.2) is 0 Å². The highest BCUT2D eigenvalue weighted by atomic mass is 32.2. The molecule has 0 N–H and O–H groups in total. The first-order valence-electron chi connectivity index (χ1n) is 8.45. The normalized spacial score (nSPS) is 12.5. The minimum atomic E-state index is -0.363. The quantitative estimate of drug-likeness (QED) is 0.459. The lowest BCUT2D eigenvalue weighted by Gasteiger charge is -2.30. The van der Waals surface area contributed by atoms with Gasteiger partial charge in [0.15, 0.2) is 11.2 Å². The van der Waals surface area contributed by atoms with Gasteiger partial charge in [0.25, 0.3) is 5.91 Å². The molecule has 3 aromatic carbocycles. The molecular weight excluding hydrogens is 358 g/mol. The summed E-state index contributed by atoms with van der Waals surface area (Å²) in [5.74, 6) is -0.340. The fourth-order valence-corrected chi connectivity index (χ4v) is 4.30. The largest absolute Gasteiger partial charge is 0.451 e. The number of hydrogen-bond acceptors (Lipinski definition) is 4. The van der Waals surface area contributed by atoms with Crippen LogP contribution < -0.4 is 10.3 Å². The van der Waals surface area contributed by atoms with Crippen LogP contribution in [0.3, 0.4) is 0 Å². The van der Waals surface area contributed by atoms with Crippen molar-refractivity contribution in [3.05, 3.63) is 94.8 Å². The summed E-state index contributed by atoms with van der Waals surface area (Å²) < 4.78 is 5.79. The number of para-hydroxylation sites is 3. The summed E-state index contributed by atoms with van der Waals surface area (Å²) in [6.45, 7) is 0. The molecule has 0 atom stereocenters. The Morgan fingerprint density at radius 2 is 1.41 bits per heavy atom. The van der Waals surface area contributed by atoms with Gasteiger partial charge in [-0.3, -0.25) is 14.5 Å². The molecule has 0 unspecified atom stereocenters. The van der Waals surface area contributed by atoms with Crippen molar-refractivity contribution in [2.75, 3.05) is 4.90 Å². The van der Waals surface area contributed by atoms with Gasteiger partial charge in [-0.15, -0.1) is 0 Å². The molecule has 0 aliphatic carbocycles. The monoisotopic (exact) mass is 371 g/mol. The van der Waals surface area contributed by atoms with Crippen LogP contribution in [0.5, 0.6) is 0 Å². The third-order valence-corrected chi connectivity index (χ3v) is 5.61. The lowest BCUT2D eigenvalue weighted by Crippen LogP contribution is -2.29. The Kier molecular flexibility index (Phi) is 3.62. The van der Waals surface area contributed by atoms with Crippen molar-refractivity contribution in [2.24, 2.45) is 0 Å². The number of hydrogen-bond donors (Lipinski definition) is 0. The van der Waals surface area contributed by atoms with Crippen LogP contribution in [0.2, 0.25) is 0 Å². The Morgan fingerprint density at radius 3 is 2.11 bits per heavy atom. The van der Waals surface area contributed by atoms with E-state index in [1.807, 2.05) is 48.5 Å². The van der Waals surface area contributed by atoms with E-state index in [4.69, 9.17) is 4.42 Å². The highest BCUT2D eigenvalue weighted by Gasteiger charge is 2.30. The number of carbonyl (C=O) groups is 1. The summed E-state index contributed by atoms with van der Waals surface area (Å²) in [5.41, 5.74) is 1.73. The predicted molar refractivity (Wildman–Crippen MR) is 106 cm³/mol. The summed E-state index contributed by atoms with van der Waals surface area (Å²) >= 11 is 1.62. The van der Waals surface area contributed by atoms with E-state index in [1.54, 1.807) is 40.9 Å². The highest BCUT2D eigenvalue weighted by Crippen LogP contribution is 2.48. The van der Waals surface area contributed by atoms with Crippen LogP contribution in [0.25, 0.3) is 11.0 Å². The average molecular weight is 371 g/mol.